The summed E-state index contributed by atoms with van der Waals surface area (Å²) < 4.78 is 27.1. The van der Waals surface area contributed by atoms with Crippen molar-refractivity contribution in [3.8, 4) is 0 Å². The SMILES string of the molecule is CSC(C)CCNS(=O)(=O)c1cccc(CN)c1C. The molecule has 1 rings (SSSR count). The predicted octanol–water partition coefficient (Wildman–Crippen LogP) is 1.87. The Hall–Kier alpha value is -0.560. The molecule has 0 saturated carbocycles. The average Bonchev–Trinajstić information content (AvgIpc) is 2.38. The van der Waals surface area contributed by atoms with Gasteiger partial charge in [0.25, 0.3) is 0 Å². The van der Waals surface area contributed by atoms with E-state index in [-0.39, 0.29) is 0 Å². The second-order valence-electron chi connectivity index (χ2n) is 4.48. The number of sulfonamides is 1. The molecule has 4 nitrogen and oxygen atoms in total. The number of rotatable bonds is 7. The average molecular weight is 302 g/mol. The molecule has 0 aliphatic heterocycles. The van der Waals surface area contributed by atoms with Crippen LogP contribution in [0, 0.1) is 6.92 Å². The maximum Gasteiger partial charge on any atom is 0.240 e. The Balaban J connectivity index is 2.83. The molecule has 6 heteroatoms. The molecule has 1 aromatic carbocycles. The van der Waals surface area contributed by atoms with Crippen LogP contribution >= 0.6 is 11.8 Å². The summed E-state index contributed by atoms with van der Waals surface area (Å²) in [6.07, 6.45) is 2.84. The molecule has 0 aromatic heterocycles. The highest BCUT2D eigenvalue weighted by atomic mass is 32.2. The van der Waals surface area contributed by atoms with Crippen molar-refractivity contribution >= 4 is 21.8 Å². The monoisotopic (exact) mass is 302 g/mol. The Morgan fingerprint density at radius 2 is 2.11 bits per heavy atom. The molecule has 1 atom stereocenters. The van der Waals surface area contributed by atoms with Gasteiger partial charge in [-0.05, 0) is 36.8 Å². The van der Waals surface area contributed by atoms with Gasteiger partial charge in [-0.3, -0.25) is 0 Å². The van der Waals surface area contributed by atoms with Gasteiger partial charge in [0.15, 0.2) is 0 Å². The van der Waals surface area contributed by atoms with Crippen LogP contribution in [-0.4, -0.2) is 26.5 Å². The van der Waals surface area contributed by atoms with E-state index in [0.29, 0.717) is 23.2 Å². The van der Waals surface area contributed by atoms with Gasteiger partial charge in [0.1, 0.15) is 0 Å². The molecule has 0 aliphatic carbocycles. The third-order valence-corrected chi connectivity index (χ3v) is 5.80. The lowest BCUT2D eigenvalue weighted by molar-refractivity contribution is 0.578. The van der Waals surface area contributed by atoms with Crippen molar-refractivity contribution < 1.29 is 8.42 Å². The highest BCUT2D eigenvalue weighted by Crippen LogP contribution is 2.18. The largest absolute Gasteiger partial charge is 0.326 e. The molecular formula is C13H22N2O2S2. The summed E-state index contributed by atoms with van der Waals surface area (Å²) in [5.41, 5.74) is 7.20. The van der Waals surface area contributed by atoms with Gasteiger partial charge in [-0.1, -0.05) is 19.1 Å². The van der Waals surface area contributed by atoms with Gasteiger partial charge in [0, 0.05) is 18.3 Å². The Bertz CT molecular complexity index is 515. The second kappa shape index (κ2) is 7.28. The fourth-order valence-corrected chi connectivity index (χ4v) is 3.45. The van der Waals surface area contributed by atoms with E-state index in [0.717, 1.165) is 17.5 Å². The number of benzene rings is 1. The van der Waals surface area contributed by atoms with E-state index in [4.69, 9.17) is 5.73 Å². The van der Waals surface area contributed by atoms with Crippen LogP contribution in [0.15, 0.2) is 23.1 Å². The summed E-state index contributed by atoms with van der Waals surface area (Å²) in [5.74, 6) is 0. The van der Waals surface area contributed by atoms with Crippen molar-refractivity contribution in [2.75, 3.05) is 12.8 Å². The molecule has 3 N–H and O–H groups in total. The van der Waals surface area contributed by atoms with Crippen LogP contribution in [0.1, 0.15) is 24.5 Å². The van der Waals surface area contributed by atoms with Crippen LogP contribution in [0.3, 0.4) is 0 Å². The Labute approximate surface area is 120 Å². The number of hydrogen-bond donors (Lipinski definition) is 2. The summed E-state index contributed by atoms with van der Waals surface area (Å²) in [7, 11) is -3.44. The van der Waals surface area contributed by atoms with Gasteiger partial charge in [-0.25, -0.2) is 13.1 Å². The minimum absolute atomic E-state index is 0.326. The summed E-state index contributed by atoms with van der Waals surface area (Å²) in [6.45, 7) is 4.68. The molecule has 0 fully saturated rings. The Morgan fingerprint density at radius 1 is 1.42 bits per heavy atom. The molecule has 0 amide bonds. The molecule has 0 bridgehead atoms. The summed E-state index contributed by atoms with van der Waals surface area (Å²) in [5, 5.41) is 0.444. The van der Waals surface area contributed by atoms with E-state index < -0.39 is 10.0 Å². The predicted molar refractivity (Wildman–Crippen MR) is 81.9 cm³/mol. The standard InChI is InChI=1S/C13H22N2O2S2/c1-10(18-3)7-8-15-19(16,17)13-6-4-5-12(9-14)11(13)2/h4-6,10,15H,7-9,14H2,1-3H3. The minimum Gasteiger partial charge on any atom is -0.326 e. The van der Waals surface area contributed by atoms with E-state index in [1.54, 1.807) is 30.8 Å². The van der Waals surface area contributed by atoms with Gasteiger partial charge in [0.2, 0.25) is 10.0 Å². The summed E-state index contributed by atoms with van der Waals surface area (Å²) in [4.78, 5) is 0.326. The highest BCUT2D eigenvalue weighted by Gasteiger charge is 2.17. The van der Waals surface area contributed by atoms with Crippen molar-refractivity contribution in [3.63, 3.8) is 0 Å². The molecule has 108 valence electrons. The first-order valence-electron chi connectivity index (χ1n) is 6.23. The first-order valence-corrected chi connectivity index (χ1v) is 9.00. The number of thioether (sulfide) groups is 1. The first kappa shape index (κ1) is 16.5. The van der Waals surface area contributed by atoms with E-state index in [1.165, 1.54) is 0 Å². The molecule has 19 heavy (non-hydrogen) atoms. The van der Waals surface area contributed by atoms with Crippen LogP contribution in [0.5, 0.6) is 0 Å². The molecule has 1 unspecified atom stereocenters. The molecule has 1 aromatic rings. The van der Waals surface area contributed by atoms with Crippen molar-refractivity contribution in [2.45, 2.75) is 37.0 Å². The molecule has 0 radical (unpaired) electrons. The lowest BCUT2D eigenvalue weighted by Crippen LogP contribution is -2.27. The van der Waals surface area contributed by atoms with E-state index in [1.807, 2.05) is 12.3 Å². The lowest BCUT2D eigenvalue weighted by Gasteiger charge is -2.13. The van der Waals surface area contributed by atoms with Crippen LogP contribution in [0.4, 0.5) is 0 Å². The zero-order valence-corrected chi connectivity index (χ0v) is 13.3. The van der Waals surface area contributed by atoms with E-state index >= 15 is 0 Å². The van der Waals surface area contributed by atoms with Crippen molar-refractivity contribution in [3.05, 3.63) is 29.3 Å². The topological polar surface area (TPSA) is 72.2 Å². The van der Waals surface area contributed by atoms with Crippen LogP contribution < -0.4 is 10.5 Å². The summed E-state index contributed by atoms with van der Waals surface area (Å²) in [6, 6.07) is 5.20. The van der Waals surface area contributed by atoms with Gasteiger partial charge in [0.05, 0.1) is 4.90 Å². The van der Waals surface area contributed by atoms with Crippen LogP contribution in [0.2, 0.25) is 0 Å². The zero-order valence-electron chi connectivity index (χ0n) is 11.6. The first-order chi connectivity index (χ1) is 8.92. The fourth-order valence-electron chi connectivity index (χ4n) is 1.76. The van der Waals surface area contributed by atoms with Gasteiger partial charge < -0.3 is 5.73 Å². The van der Waals surface area contributed by atoms with Crippen molar-refractivity contribution in [1.82, 2.24) is 4.72 Å². The van der Waals surface area contributed by atoms with Gasteiger partial charge in [-0.2, -0.15) is 11.8 Å². The molecule has 0 spiro atoms. The van der Waals surface area contributed by atoms with Gasteiger partial charge >= 0.3 is 0 Å². The van der Waals surface area contributed by atoms with E-state index in [9.17, 15) is 8.42 Å². The van der Waals surface area contributed by atoms with Crippen LogP contribution in [-0.2, 0) is 16.6 Å². The van der Waals surface area contributed by atoms with Crippen molar-refractivity contribution in [2.24, 2.45) is 5.73 Å². The third kappa shape index (κ3) is 4.49. The lowest BCUT2D eigenvalue weighted by atomic mass is 10.1. The Kier molecular flexibility index (Phi) is 6.32. The fraction of sp³-hybridized carbons (Fsp3) is 0.538. The van der Waals surface area contributed by atoms with Gasteiger partial charge in [-0.15, -0.1) is 0 Å². The molecule has 0 heterocycles. The van der Waals surface area contributed by atoms with E-state index in [2.05, 4.69) is 11.6 Å². The normalized spacial score (nSPS) is 13.5. The summed E-state index contributed by atoms with van der Waals surface area (Å²) >= 11 is 1.73. The van der Waals surface area contributed by atoms with Crippen LogP contribution in [0.25, 0.3) is 0 Å². The minimum atomic E-state index is -3.44. The Morgan fingerprint density at radius 3 is 2.68 bits per heavy atom. The second-order valence-corrected chi connectivity index (χ2v) is 7.49. The number of nitrogens with two attached hydrogens (primary N) is 1. The number of hydrogen-bond acceptors (Lipinski definition) is 4. The zero-order chi connectivity index (χ0) is 14.5. The van der Waals surface area contributed by atoms with Crippen molar-refractivity contribution in [1.29, 1.82) is 0 Å². The molecule has 0 saturated heterocycles. The highest BCUT2D eigenvalue weighted by molar-refractivity contribution is 7.99. The number of nitrogens with one attached hydrogen (secondary N) is 1. The quantitative estimate of drug-likeness (QED) is 0.806. The molecular weight excluding hydrogens is 280 g/mol. The molecule has 0 aliphatic rings. The smallest absolute Gasteiger partial charge is 0.240 e. The maximum atomic E-state index is 12.2. The third-order valence-electron chi connectivity index (χ3n) is 3.15. The maximum absolute atomic E-state index is 12.2.